The van der Waals surface area contributed by atoms with Gasteiger partial charge in [-0.25, -0.2) is 4.39 Å². The van der Waals surface area contributed by atoms with Crippen LogP contribution < -0.4 is 0 Å². The number of carboxylic acid groups (broad SMARTS) is 1. The van der Waals surface area contributed by atoms with Crippen molar-refractivity contribution in [3.63, 3.8) is 0 Å². The van der Waals surface area contributed by atoms with E-state index in [0.717, 1.165) is 22.5 Å². The van der Waals surface area contributed by atoms with Gasteiger partial charge in [0.15, 0.2) is 0 Å². The van der Waals surface area contributed by atoms with E-state index in [0.29, 0.717) is 25.1 Å². The average molecular weight is 425 g/mol. The Kier molecular flexibility index (Phi) is 7.15. The number of aromatic amines is 1. The number of carbonyl (C=O) groups excluding carboxylic acids is 1. The third kappa shape index (κ3) is 5.55. The maximum Gasteiger partial charge on any atom is 0.290 e. The quantitative estimate of drug-likeness (QED) is 0.558. The minimum absolute atomic E-state index is 0.0435. The SMILES string of the molecule is Cc1cc(C[C@@H]2CN(C(=O)c3cccc(-c4cccc(F)c4)c3)C[C@@H]2O)n[nH]1.O=CO. The molecule has 0 saturated carbocycles. The number of β-amino-alcohol motifs (C(OH)–C–C–N with tert-alkyl or cyclic N) is 1. The first-order chi connectivity index (χ1) is 14.9. The molecule has 3 aromatic rings. The first-order valence-electron chi connectivity index (χ1n) is 9.83. The predicted octanol–water partition coefficient (Wildman–Crippen LogP) is 2.90. The van der Waals surface area contributed by atoms with Gasteiger partial charge in [0.25, 0.3) is 12.4 Å². The fourth-order valence-electron chi connectivity index (χ4n) is 3.75. The minimum atomic E-state index is -0.577. The van der Waals surface area contributed by atoms with E-state index < -0.39 is 6.10 Å². The van der Waals surface area contributed by atoms with Gasteiger partial charge in [0.2, 0.25) is 0 Å². The number of aromatic nitrogens is 2. The van der Waals surface area contributed by atoms with Crippen LogP contribution in [0.2, 0.25) is 0 Å². The molecule has 162 valence electrons. The standard InChI is InChI=1S/C22H22FN3O2.CH2O2/c1-14-8-20(25-24-14)11-18-12-26(13-21(18)27)22(28)17-6-2-4-15(9-17)16-5-3-7-19(23)10-16;2-1-3/h2-10,18,21,27H,11-13H2,1H3,(H,24,25);1H,(H,2,3)/t18-,21+;/m1./s1. The Morgan fingerprint density at radius 2 is 1.87 bits per heavy atom. The van der Waals surface area contributed by atoms with Crippen LogP contribution in [0.3, 0.4) is 0 Å². The van der Waals surface area contributed by atoms with Crippen LogP contribution in [0, 0.1) is 18.7 Å². The number of amides is 1. The number of nitrogens with zero attached hydrogens (tertiary/aromatic N) is 2. The summed E-state index contributed by atoms with van der Waals surface area (Å²) in [6.07, 6.45) is 0.0471. The van der Waals surface area contributed by atoms with E-state index in [9.17, 15) is 14.3 Å². The van der Waals surface area contributed by atoms with Crippen LogP contribution in [0.25, 0.3) is 11.1 Å². The zero-order chi connectivity index (χ0) is 22.4. The number of aliphatic hydroxyl groups excluding tert-OH is 1. The van der Waals surface area contributed by atoms with E-state index in [-0.39, 0.29) is 24.1 Å². The first-order valence-corrected chi connectivity index (χ1v) is 9.83. The van der Waals surface area contributed by atoms with Crippen LogP contribution in [-0.4, -0.2) is 56.9 Å². The van der Waals surface area contributed by atoms with E-state index in [1.54, 1.807) is 29.2 Å². The molecule has 1 amide bonds. The molecule has 1 aromatic heterocycles. The lowest BCUT2D eigenvalue weighted by Gasteiger charge is -2.16. The Hall–Kier alpha value is -3.52. The number of aliphatic hydroxyl groups is 1. The topological polar surface area (TPSA) is 107 Å². The highest BCUT2D eigenvalue weighted by molar-refractivity contribution is 5.95. The van der Waals surface area contributed by atoms with E-state index >= 15 is 0 Å². The van der Waals surface area contributed by atoms with Gasteiger partial charge < -0.3 is 15.1 Å². The first kappa shape index (κ1) is 22.2. The van der Waals surface area contributed by atoms with Gasteiger partial charge in [-0.3, -0.25) is 14.7 Å². The number of hydrogen-bond donors (Lipinski definition) is 3. The molecule has 1 fully saturated rings. The molecule has 1 aliphatic rings. The van der Waals surface area contributed by atoms with E-state index in [1.807, 2.05) is 25.1 Å². The third-order valence-electron chi connectivity index (χ3n) is 5.19. The number of likely N-dealkylation sites (tertiary alicyclic amines) is 1. The molecule has 4 rings (SSSR count). The molecule has 2 aromatic carbocycles. The van der Waals surface area contributed by atoms with Crippen molar-refractivity contribution in [1.29, 1.82) is 0 Å². The molecule has 0 radical (unpaired) electrons. The van der Waals surface area contributed by atoms with Gasteiger partial charge in [0, 0.05) is 30.3 Å². The summed E-state index contributed by atoms with van der Waals surface area (Å²) in [7, 11) is 0. The number of carbonyl (C=O) groups is 2. The van der Waals surface area contributed by atoms with Crippen LogP contribution in [0.5, 0.6) is 0 Å². The number of aryl methyl sites for hydroxylation is 1. The summed E-state index contributed by atoms with van der Waals surface area (Å²) < 4.78 is 13.5. The van der Waals surface area contributed by atoms with Crippen molar-refractivity contribution in [1.82, 2.24) is 15.1 Å². The van der Waals surface area contributed by atoms with Gasteiger partial charge in [-0.05, 0) is 54.8 Å². The summed E-state index contributed by atoms with van der Waals surface area (Å²) >= 11 is 0. The lowest BCUT2D eigenvalue weighted by Crippen LogP contribution is -2.29. The molecule has 2 heterocycles. The Morgan fingerprint density at radius 1 is 1.19 bits per heavy atom. The van der Waals surface area contributed by atoms with Crippen molar-refractivity contribution in [2.75, 3.05) is 13.1 Å². The molecule has 1 aliphatic heterocycles. The Morgan fingerprint density at radius 3 is 2.52 bits per heavy atom. The molecular formula is C23H24FN3O4. The molecular weight excluding hydrogens is 401 g/mol. The second-order valence-electron chi connectivity index (χ2n) is 7.48. The number of H-pyrrole nitrogens is 1. The monoisotopic (exact) mass is 425 g/mol. The lowest BCUT2D eigenvalue weighted by molar-refractivity contribution is -0.122. The van der Waals surface area contributed by atoms with E-state index in [4.69, 9.17) is 9.90 Å². The zero-order valence-corrected chi connectivity index (χ0v) is 17.0. The summed E-state index contributed by atoms with van der Waals surface area (Å²) in [4.78, 5) is 23.0. The van der Waals surface area contributed by atoms with E-state index in [1.165, 1.54) is 12.1 Å². The van der Waals surface area contributed by atoms with Crippen LogP contribution in [0.4, 0.5) is 4.39 Å². The smallest absolute Gasteiger partial charge is 0.290 e. The highest BCUT2D eigenvalue weighted by Crippen LogP contribution is 2.25. The van der Waals surface area contributed by atoms with Crippen LogP contribution >= 0.6 is 0 Å². The summed E-state index contributed by atoms with van der Waals surface area (Å²) in [5, 5.41) is 24.4. The summed E-state index contributed by atoms with van der Waals surface area (Å²) in [6, 6.07) is 15.4. The zero-order valence-electron chi connectivity index (χ0n) is 17.0. The lowest BCUT2D eigenvalue weighted by atomic mass is 10.00. The summed E-state index contributed by atoms with van der Waals surface area (Å²) in [5.41, 5.74) is 3.91. The van der Waals surface area contributed by atoms with Crippen LogP contribution in [0.15, 0.2) is 54.6 Å². The van der Waals surface area contributed by atoms with E-state index in [2.05, 4.69) is 10.2 Å². The van der Waals surface area contributed by atoms with Gasteiger partial charge in [-0.1, -0.05) is 24.3 Å². The van der Waals surface area contributed by atoms with Crippen molar-refractivity contribution >= 4 is 12.4 Å². The predicted molar refractivity (Wildman–Crippen MR) is 113 cm³/mol. The largest absolute Gasteiger partial charge is 0.483 e. The maximum atomic E-state index is 13.5. The number of hydrogen-bond acceptors (Lipinski definition) is 4. The molecule has 8 heteroatoms. The van der Waals surface area contributed by atoms with Crippen LogP contribution in [-0.2, 0) is 11.2 Å². The van der Waals surface area contributed by atoms with Crippen LogP contribution in [0.1, 0.15) is 21.7 Å². The van der Waals surface area contributed by atoms with Crippen molar-refractivity contribution in [3.05, 3.63) is 77.4 Å². The van der Waals surface area contributed by atoms with Gasteiger partial charge >= 0.3 is 0 Å². The Balaban J connectivity index is 0.000000858. The molecule has 0 unspecified atom stereocenters. The van der Waals surface area contributed by atoms with Crippen molar-refractivity contribution in [2.24, 2.45) is 5.92 Å². The Bertz CT molecular complexity index is 1050. The molecule has 0 spiro atoms. The second kappa shape index (κ2) is 9.99. The van der Waals surface area contributed by atoms with Gasteiger partial charge in [0.05, 0.1) is 11.8 Å². The molecule has 2 atom stereocenters. The number of rotatable bonds is 4. The molecule has 0 aliphatic carbocycles. The minimum Gasteiger partial charge on any atom is -0.483 e. The van der Waals surface area contributed by atoms with Gasteiger partial charge in [0.1, 0.15) is 5.82 Å². The molecule has 31 heavy (non-hydrogen) atoms. The molecule has 1 saturated heterocycles. The number of benzene rings is 2. The maximum absolute atomic E-state index is 13.5. The molecule has 3 N–H and O–H groups in total. The number of nitrogens with one attached hydrogen (secondary N) is 1. The number of halogens is 1. The van der Waals surface area contributed by atoms with Gasteiger partial charge in [-0.15, -0.1) is 0 Å². The van der Waals surface area contributed by atoms with Crippen molar-refractivity contribution in [2.45, 2.75) is 19.4 Å². The van der Waals surface area contributed by atoms with Crippen molar-refractivity contribution < 1.29 is 24.2 Å². The molecule has 7 nitrogen and oxygen atoms in total. The summed E-state index contributed by atoms with van der Waals surface area (Å²) in [5.74, 6) is -0.482. The average Bonchev–Trinajstić information content (AvgIpc) is 3.33. The van der Waals surface area contributed by atoms with Gasteiger partial charge in [-0.2, -0.15) is 5.10 Å². The fourth-order valence-corrected chi connectivity index (χ4v) is 3.75. The molecule has 0 bridgehead atoms. The highest BCUT2D eigenvalue weighted by atomic mass is 19.1. The highest BCUT2D eigenvalue weighted by Gasteiger charge is 2.34. The fraction of sp³-hybridized carbons (Fsp3) is 0.261. The summed E-state index contributed by atoms with van der Waals surface area (Å²) in [6.45, 7) is 2.47. The third-order valence-corrected chi connectivity index (χ3v) is 5.19. The normalized spacial score (nSPS) is 17.7. The Labute approximate surface area is 179 Å². The van der Waals surface area contributed by atoms with Crippen molar-refractivity contribution in [3.8, 4) is 11.1 Å². The second-order valence-corrected chi connectivity index (χ2v) is 7.48.